The van der Waals surface area contributed by atoms with E-state index in [-0.39, 0.29) is 170 Å². The number of carbonyl (C=O) groups is 13. The van der Waals surface area contributed by atoms with Gasteiger partial charge in [0.2, 0.25) is 65.2 Å². The van der Waals surface area contributed by atoms with Gasteiger partial charge in [0.1, 0.15) is 29.2 Å². The van der Waals surface area contributed by atoms with Crippen molar-refractivity contribution in [2.24, 2.45) is 29.4 Å². The van der Waals surface area contributed by atoms with E-state index in [1.54, 1.807) is 64.8 Å². The van der Waals surface area contributed by atoms with Crippen molar-refractivity contribution in [3.8, 4) is 0 Å². The molecule has 0 radical (unpaired) electrons. The Bertz CT molecular complexity index is 3690. The number of amides is 14. The Morgan fingerprint density at radius 2 is 1.31 bits per heavy atom. The summed E-state index contributed by atoms with van der Waals surface area (Å²) < 4.78 is 40.4. The molecule has 3 fully saturated rings. The smallest absolute Gasteiger partial charge is 0.411 e. The molecule has 3 aliphatic rings. The lowest BCUT2D eigenvalue weighted by molar-refractivity contribution is -0.147. The van der Waals surface area contributed by atoms with Crippen LogP contribution in [0.25, 0.3) is 0 Å². The van der Waals surface area contributed by atoms with E-state index in [4.69, 9.17) is 38.9 Å². The topological polar surface area (TPSA) is 429 Å². The number of primary amides is 1. The van der Waals surface area contributed by atoms with Gasteiger partial charge in [-0.25, -0.2) is 14.6 Å². The molecule has 12 atom stereocenters. The van der Waals surface area contributed by atoms with E-state index in [0.717, 1.165) is 20.4 Å². The summed E-state index contributed by atoms with van der Waals surface area (Å²) in [6.07, 6.45) is 0.447. The number of thiazole rings is 1. The molecular weight excluding hydrogens is 1550 g/mol. The summed E-state index contributed by atoms with van der Waals surface area (Å²) in [5.74, 6) is -6.70. The number of benzene rings is 2. The van der Waals surface area contributed by atoms with Crippen LogP contribution in [0.2, 0.25) is 0 Å². The van der Waals surface area contributed by atoms with Crippen LogP contribution in [0.15, 0.2) is 66.2 Å². The number of aromatic nitrogens is 1. The van der Waals surface area contributed by atoms with E-state index < -0.39 is 120 Å². The minimum atomic E-state index is -1.55. The van der Waals surface area contributed by atoms with Gasteiger partial charge < -0.3 is 95.7 Å². The van der Waals surface area contributed by atoms with Crippen LogP contribution in [0.4, 0.5) is 15.3 Å². The molecule has 9 N–H and O–H groups in total. The van der Waals surface area contributed by atoms with Crippen molar-refractivity contribution < 1.29 is 95.5 Å². The number of methoxy groups -OCH3 is 2. The number of imide groups is 1. The summed E-state index contributed by atoms with van der Waals surface area (Å²) in [6.45, 7) is 18.4. The first kappa shape index (κ1) is 97.5. The fourth-order valence-electron chi connectivity index (χ4n) is 14.6. The molecule has 0 aliphatic carbocycles. The zero-order chi connectivity index (χ0) is 86.5. The number of urea groups is 1. The van der Waals surface area contributed by atoms with Crippen LogP contribution in [0.5, 0.6) is 0 Å². The molecule has 3 aliphatic heterocycles. The second kappa shape index (κ2) is 50.6. The van der Waals surface area contributed by atoms with Crippen molar-refractivity contribution in [2.75, 3.05) is 146 Å². The van der Waals surface area contributed by atoms with Crippen LogP contribution in [0.3, 0.4) is 0 Å². The van der Waals surface area contributed by atoms with Crippen LogP contribution in [0, 0.1) is 23.7 Å². The molecule has 6 rings (SSSR count). The molecule has 36 heteroatoms. The number of rotatable bonds is 51. The normalized spacial score (nSPS) is 17.2. The highest BCUT2D eigenvalue weighted by Crippen LogP contribution is 2.32. The molecule has 0 bridgehead atoms. The molecule has 2 aromatic carbocycles. The highest BCUT2D eigenvalue weighted by Gasteiger charge is 2.44. The maximum Gasteiger partial charge on any atom is 0.411 e. The largest absolute Gasteiger partial charge is 0.431 e. The molecule has 0 spiro atoms. The number of likely N-dealkylation sites (N-methyl/N-ethyl adjacent to an activating group) is 3. The van der Waals surface area contributed by atoms with Gasteiger partial charge in [0.05, 0.1) is 95.5 Å². The number of ether oxygens (including phenoxy) is 7. The fourth-order valence-corrected chi connectivity index (χ4v) is 15.3. The molecule has 4 heterocycles. The Balaban J connectivity index is 1.02. The maximum atomic E-state index is 14.7. The van der Waals surface area contributed by atoms with Crippen LogP contribution < -0.4 is 43.0 Å². The molecule has 14 amide bonds. The lowest BCUT2D eigenvalue weighted by Crippen LogP contribution is -2.58. The van der Waals surface area contributed by atoms with Gasteiger partial charge in [0, 0.05) is 129 Å². The van der Waals surface area contributed by atoms with Crippen LogP contribution >= 0.6 is 11.3 Å². The fraction of sp³-hybridized carbons (Fsp3) is 0.659. The molecule has 0 saturated carbocycles. The van der Waals surface area contributed by atoms with Crippen LogP contribution in [0.1, 0.15) is 148 Å². The zero-order valence-corrected chi connectivity index (χ0v) is 71.6. The van der Waals surface area contributed by atoms with Crippen molar-refractivity contribution in [3.63, 3.8) is 0 Å². The molecule has 656 valence electrons. The molecular formula is C82H127N15O20S. The number of carbonyl (C=O) groups excluding carboxylic acids is 13. The first-order valence-corrected chi connectivity index (χ1v) is 41.8. The van der Waals surface area contributed by atoms with Crippen LogP contribution in [-0.2, 0) is 92.3 Å². The van der Waals surface area contributed by atoms with Crippen LogP contribution in [-0.4, -0.2) is 301 Å². The number of hydrogen-bond donors (Lipinski definition) is 8. The lowest BCUT2D eigenvalue weighted by atomic mass is 9.90. The number of piperazine rings is 1. The summed E-state index contributed by atoms with van der Waals surface area (Å²) in [6, 6.07) is 8.87. The quantitative estimate of drug-likeness (QED) is 0.0295. The molecule has 1 unspecified atom stereocenters. The first-order valence-electron chi connectivity index (χ1n) is 40.9. The third-order valence-corrected chi connectivity index (χ3v) is 22.3. The Kier molecular flexibility index (Phi) is 41.8. The van der Waals surface area contributed by atoms with Gasteiger partial charge >= 0.3 is 12.1 Å². The highest BCUT2D eigenvalue weighted by atomic mass is 32.1. The number of likely N-dealkylation sites (tertiary alicyclic amines) is 2. The number of nitrogens with two attached hydrogens (primary N) is 1. The van der Waals surface area contributed by atoms with Gasteiger partial charge in [-0.1, -0.05) is 97.4 Å². The van der Waals surface area contributed by atoms with Gasteiger partial charge in [-0.05, 0) is 81.5 Å². The summed E-state index contributed by atoms with van der Waals surface area (Å²) >= 11 is 1.46. The first-order chi connectivity index (χ1) is 56.4. The average Bonchev–Trinajstić information content (AvgIpc) is 1.49. The molecule has 3 saturated heterocycles. The van der Waals surface area contributed by atoms with E-state index >= 15 is 0 Å². The molecule has 3 aromatic rings. The predicted molar refractivity (Wildman–Crippen MR) is 439 cm³/mol. The van der Waals surface area contributed by atoms with Gasteiger partial charge in [0.15, 0.2) is 0 Å². The summed E-state index contributed by atoms with van der Waals surface area (Å²) in [5.41, 5.74) is 6.79. The number of nitrogens with zero attached hydrogens (tertiary/aromatic N) is 7. The lowest BCUT2D eigenvalue weighted by Gasteiger charge is -2.40. The zero-order valence-electron chi connectivity index (χ0n) is 70.8. The average molecular weight is 1680 g/mol. The minimum absolute atomic E-state index is 0.0122. The predicted octanol–water partition coefficient (Wildman–Crippen LogP) is 3.70. The van der Waals surface area contributed by atoms with Gasteiger partial charge in [0.25, 0.3) is 5.91 Å². The Hall–Kier alpha value is -9.30. The second-order valence-electron chi connectivity index (χ2n) is 30.8. The van der Waals surface area contributed by atoms with E-state index in [9.17, 15) is 62.3 Å². The minimum Gasteiger partial charge on any atom is -0.431 e. The number of anilines is 1. The third kappa shape index (κ3) is 30.8. The Labute approximate surface area is 696 Å². The van der Waals surface area contributed by atoms with Crippen molar-refractivity contribution in [1.82, 2.24) is 66.3 Å². The van der Waals surface area contributed by atoms with E-state index in [1.165, 1.54) is 61.6 Å². The summed E-state index contributed by atoms with van der Waals surface area (Å²) in [7, 11) is 7.92. The molecule has 118 heavy (non-hydrogen) atoms. The summed E-state index contributed by atoms with van der Waals surface area (Å²) in [5, 5.41) is 22.2. The molecule has 1 aromatic heterocycles. The molecule has 35 nitrogen and oxygen atoms in total. The SMILES string of the molecule is CC[C@H](C)[C@@H]([C@@H](CC(=O)N1CCC[C@H]1[C@H](OC)[C@@H](C)C(=O)N[C@@H](Cc1ccccc1)c1nccs1)OC)N(C)C(=O)[C@H](C)NC(=O)[C@H](C(C)C)N(C)C(=O)OC(C(=O)N1CCN(C)CC1)c1ccc(NC(=O)[C@H](CCCNC(N)=O)NC(=O)[C@@H](NC(=O)CCOCCOCCOCCOCCNC(=O)CCN2C(=O)CCC2=O)C(C)C)cc1. The van der Waals surface area contributed by atoms with E-state index in [2.05, 4.69) is 42.2 Å². The van der Waals surface area contributed by atoms with E-state index in [1.807, 2.05) is 61.5 Å². The second-order valence-corrected chi connectivity index (χ2v) is 31.7. The monoisotopic (exact) mass is 1670 g/mol. The Morgan fingerprint density at radius 3 is 1.89 bits per heavy atom. The Morgan fingerprint density at radius 1 is 0.669 bits per heavy atom. The van der Waals surface area contributed by atoms with Gasteiger partial charge in [-0.2, -0.15) is 0 Å². The maximum absolute atomic E-state index is 14.7. The van der Waals surface area contributed by atoms with Crippen molar-refractivity contribution in [3.05, 3.63) is 82.3 Å². The van der Waals surface area contributed by atoms with Gasteiger partial charge in [-0.15, -0.1) is 11.3 Å². The number of hydrogen-bond acceptors (Lipinski definition) is 23. The van der Waals surface area contributed by atoms with Crippen molar-refractivity contribution in [2.45, 2.75) is 187 Å². The standard InChI is InChI=1S/C82H127N15O20S/c1-14-54(6)71(63(111-12)51-68(102)96-35-19-23-62(96)72(112-13)55(7)74(103)90-61(78-85-34-49-118-78)50-57-20-16-15-17-21-57)93(10)79(107)56(8)87-77(106)70(53(4)5)94(11)82(110)117-73(80(108)95-39-37-92(9)38-40-95)58-24-26-59(27-25-58)88-75(104)60(22-18-32-86-81(83)109)89-76(105)69(52(2)3)91-65(99)31-41-113-43-45-115-47-48-116-46-44-114-42-33-84-64(98)30-36-97-66(100)28-29-67(97)101/h15-17,20-21,24-27,34,49,52-56,60-63,69-73H,14,18-19,22-23,28-33,35-48,50-51H2,1-13H3,(H,84,98)(H,87,106)(H,88,104)(H,89,105)(H,90,103)(H,91,99)(H3,83,86,109)/t54-,55+,56-,60-,61-,62-,63+,69-,70-,71-,72+,73?/m0/s1. The van der Waals surface area contributed by atoms with E-state index in [0.29, 0.717) is 58.4 Å². The van der Waals surface area contributed by atoms with Crippen molar-refractivity contribution in [1.29, 1.82) is 0 Å². The number of nitrogens with one attached hydrogen (secondary N) is 7. The van der Waals surface area contributed by atoms with Crippen molar-refractivity contribution >= 4 is 94.1 Å². The third-order valence-electron chi connectivity index (χ3n) is 21.4. The van der Waals surface area contributed by atoms with Gasteiger partial charge in [-0.3, -0.25) is 62.5 Å². The summed E-state index contributed by atoms with van der Waals surface area (Å²) in [4.78, 5) is 190. The highest BCUT2D eigenvalue weighted by molar-refractivity contribution is 7.09.